The largest absolute Gasteiger partial charge is 0.467 e. The van der Waals surface area contributed by atoms with Gasteiger partial charge in [-0.15, -0.1) is 0 Å². The number of hydrogen-bond donors (Lipinski definition) is 1. The summed E-state index contributed by atoms with van der Waals surface area (Å²) in [5, 5.41) is 19.6. The lowest BCUT2D eigenvalue weighted by Crippen LogP contribution is -2.14. The Balaban J connectivity index is 2.89. The molecule has 0 saturated carbocycles. The van der Waals surface area contributed by atoms with Crippen molar-refractivity contribution in [1.29, 1.82) is 0 Å². The van der Waals surface area contributed by atoms with Crippen molar-refractivity contribution in [3.63, 3.8) is 0 Å². The molecule has 1 rings (SSSR count). The maximum atomic E-state index is 10.9. The van der Waals surface area contributed by atoms with E-state index in [0.717, 1.165) is 19.4 Å². The van der Waals surface area contributed by atoms with Crippen LogP contribution in [0.15, 0.2) is 18.3 Å². The van der Waals surface area contributed by atoms with Gasteiger partial charge in [-0.05, 0) is 6.07 Å². The van der Waals surface area contributed by atoms with Crippen molar-refractivity contribution in [3.8, 4) is 0 Å². The fourth-order valence-electron chi connectivity index (χ4n) is 0.900. The average molecular weight is 212 g/mol. The maximum absolute atomic E-state index is 10.9. The molecule has 1 N–H and O–H groups in total. The van der Waals surface area contributed by atoms with E-state index in [1.165, 1.54) is 6.07 Å². The fourth-order valence-corrected chi connectivity index (χ4v) is 0.900. The van der Waals surface area contributed by atoms with E-state index in [9.17, 15) is 20.0 Å². The Morgan fingerprint density at radius 2 is 2.33 bits per heavy atom. The van der Waals surface area contributed by atoms with Gasteiger partial charge in [0.05, 0.1) is 17.7 Å². The third-order valence-corrected chi connectivity index (χ3v) is 1.69. The molecule has 0 aromatic carbocycles. The first kappa shape index (κ1) is 11.1. The Hall–Kier alpha value is -2.02. The second kappa shape index (κ2) is 4.47. The molecule has 1 heterocycles. The topological polar surface area (TPSA) is 103 Å². The van der Waals surface area contributed by atoms with Gasteiger partial charge in [-0.2, -0.15) is 0 Å². The molecule has 0 aliphatic carbocycles. The number of methoxy groups -OCH3 is 1. The molecule has 15 heavy (non-hydrogen) atoms. The molecule has 80 valence electrons. The minimum atomic E-state index is -1.52. The van der Waals surface area contributed by atoms with Crippen molar-refractivity contribution in [2.75, 3.05) is 7.11 Å². The summed E-state index contributed by atoms with van der Waals surface area (Å²) in [6, 6.07) is 2.34. The van der Waals surface area contributed by atoms with Crippen molar-refractivity contribution in [1.82, 2.24) is 4.98 Å². The maximum Gasteiger partial charge on any atom is 0.341 e. The predicted molar refractivity (Wildman–Crippen MR) is 47.9 cm³/mol. The average Bonchev–Trinajstić information content (AvgIpc) is 2.27. The molecule has 1 atom stereocenters. The lowest BCUT2D eigenvalue weighted by molar-refractivity contribution is -0.385. The van der Waals surface area contributed by atoms with Crippen molar-refractivity contribution < 1.29 is 19.6 Å². The minimum Gasteiger partial charge on any atom is -0.467 e. The molecule has 0 aliphatic rings. The summed E-state index contributed by atoms with van der Waals surface area (Å²) in [5.41, 5.74) is -0.205. The van der Waals surface area contributed by atoms with E-state index in [-0.39, 0.29) is 11.4 Å². The highest BCUT2D eigenvalue weighted by atomic mass is 16.6. The number of nitro groups is 1. The smallest absolute Gasteiger partial charge is 0.341 e. The summed E-state index contributed by atoms with van der Waals surface area (Å²) in [6.07, 6.45) is -0.558. The summed E-state index contributed by atoms with van der Waals surface area (Å²) < 4.78 is 4.28. The van der Waals surface area contributed by atoms with E-state index in [1.807, 2.05) is 0 Å². The minimum absolute atomic E-state index is 0.00690. The van der Waals surface area contributed by atoms with Gasteiger partial charge in [0.15, 0.2) is 6.10 Å². The third kappa shape index (κ3) is 2.47. The van der Waals surface area contributed by atoms with Gasteiger partial charge in [-0.1, -0.05) is 0 Å². The molecule has 0 fully saturated rings. The molecule has 7 heteroatoms. The highest BCUT2D eigenvalue weighted by molar-refractivity contribution is 5.75. The van der Waals surface area contributed by atoms with Crippen molar-refractivity contribution in [2.45, 2.75) is 6.10 Å². The second-order valence-corrected chi connectivity index (χ2v) is 2.62. The number of aliphatic hydroxyl groups is 1. The second-order valence-electron chi connectivity index (χ2n) is 2.62. The number of nitrogens with zero attached hydrogens (tertiary/aromatic N) is 2. The summed E-state index contributed by atoms with van der Waals surface area (Å²) in [6.45, 7) is 0. The molecule has 1 unspecified atom stereocenters. The fraction of sp³-hybridized carbons (Fsp3) is 0.250. The molecule has 0 amide bonds. The van der Waals surface area contributed by atoms with Gasteiger partial charge in [0.1, 0.15) is 6.20 Å². The molecule has 0 saturated heterocycles. The van der Waals surface area contributed by atoms with Gasteiger partial charge >= 0.3 is 5.97 Å². The van der Waals surface area contributed by atoms with E-state index in [1.54, 1.807) is 0 Å². The molecule has 1 aromatic rings. The van der Waals surface area contributed by atoms with Crippen LogP contribution in [0.3, 0.4) is 0 Å². The molecule has 1 aromatic heterocycles. The highest BCUT2D eigenvalue weighted by Crippen LogP contribution is 2.15. The summed E-state index contributed by atoms with van der Waals surface area (Å²) in [4.78, 5) is 24.1. The van der Waals surface area contributed by atoms with Crippen LogP contribution in [0.25, 0.3) is 0 Å². The molecule has 0 bridgehead atoms. The number of pyridine rings is 1. The lowest BCUT2D eigenvalue weighted by atomic mass is 10.2. The van der Waals surface area contributed by atoms with Crippen molar-refractivity contribution in [3.05, 3.63) is 34.1 Å². The zero-order valence-corrected chi connectivity index (χ0v) is 7.78. The Labute approximate surface area is 84.5 Å². The van der Waals surface area contributed by atoms with Crippen LogP contribution in [-0.2, 0) is 9.53 Å². The zero-order chi connectivity index (χ0) is 11.4. The molecular weight excluding hydrogens is 204 g/mol. The number of aliphatic hydroxyl groups excluding tert-OH is 1. The van der Waals surface area contributed by atoms with Crippen molar-refractivity contribution >= 4 is 11.7 Å². The van der Waals surface area contributed by atoms with Crippen molar-refractivity contribution in [2.24, 2.45) is 0 Å². The number of hydrogen-bond acceptors (Lipinski definition) is 6. The quantitative estimate of drug-likeness (QED) is 0.436. The normalized spacial score (nSPS) is 11.9. The first-order valence-corrected chi connectivity index (χ1v) is 3.92. The summed E-state index contributed by atoms with van der Waals surface area (Å²) >= 11 is 0. The number of carbonyl (C=O) groups is 1. The van der Waals surface area contributed by atoms with E-state index < -0.39 is 17.0 Å². The zero-order valence-electron chi connectivity index (χ0n) is 7.78. The van der Waals surface area contributed by atoms with Gasteiger partial charge in [0, 0.05) is 6.07 Å². The van der Waals surface area contributed by atoms with Gasteiger partial charge in [-0.3, -0.25) is 15.1 Å². The van der Waals surface area contributed by atoms with E-state index in [2.05, 4.69) is 9.72 Å². The predicted octanol–water partition coefficient (Wildman–Crippen LogP) is 0.196. The number of rotatable bonds is 3. The standard InChI is InChI=1S/C8H8N2O5/c1-15-8(12)7(11)6-3-2-5(4-9-6)10(13)14/h2-4,7,11H,1H3. The van der Waals surface area contributed by atoms with E-state index in [4.69, 9.17) is 0 Å². The van der Waals surface area contributed by atoms with Gasteiger partial charge < -0.3 is 9.84 Å². The first-order valence-electron chi connectivity index (χ1n) is 3.92. The number of carbonyl (C=O) groups excluding carboxylic acids is 1. The SMILES string of the molecule is COC(=O)C(O)c1ccc([N+](=O)[O-])cn1. The Morgan fingerprint density at radius 1 is 1.67 bits per heavy atom. The number of ether oxygens (including phenoxy) is 1. The first-order chi connectivity index (χ1) is 7.06. The van der Waals surface area contributed by atoms with Gasteiger partial charge in [-0.25, -0.2) is 4.79 Å². The Bertz CT molecular complexity index is 375. The number of esters is 1. The molecule has 0 radical (unpaired) electrons. The van der Waals surface area contributed by atoms with Crippen LogP contribution in [0.1, 0.15) is 11.8 Å². The van der Waals surface area contributed by atoms with Crippen LogP contribution in [-0.4, -0.2) is 28.1 Å². The molecule has 0 spiro atoms. The molecular formula is C8H8N2O5. The molecule has 7 nitrogen and oxygen atoms in total. The van der Waals surface area contributed by atoms with Crippen LogP contribution < -0.4 is 0 Å². The Kier molecular flexibility index (Phi) is 3.29. The molecule has 0 aliphatic heterocycles. The summed E-state index contributed by atoms with van der Waals surface area (Å²) in [7, 11) is 1.12. The van der Waals surface area contributed by atoms with Crippen LogP contribution in [0.5, 0.6) is 0 Å². The monoisotopic (exact) mass is 212 g/mol. The van der Waals surface area contributed by atoms with Gasteiger partial charge in [0.25, 0.3) is 5.69 Å². The highest BCUT2D eigenvalue weighted by Gasteiger charge is 2.20. The third-order valence-electron chi connectivity index (χ3n) is 1.69. The van der Waals surface area contributed by atoms with E-state index in [0.29, 0.717) is 0 Å². The summed E-state index contributed by atoms with van der Waals surface area (Å²) in [5.74, 6) is -0.864. The Morgan fingerprint density at radius 3 is 2.73 bits per heavy atom. The van der Waals surface area contributed by atoms with Crippen LogP contribution in [0, 0.1) is 10.1 Å². The van der Waals surface area contributed by atoms with E-state index >= 15 is 0 Å². The van der Waals surface area contributed by atoms with Crippen LogP contribution >= 0.6 is 0 Å². The lowest BCUT2D eigenvalue weighted by Gasteiger charge is -2.06. The number of aromatic nitrogens is 1. The van der Waals surface area contributed by atoms with Gasteiger partial charge in [0.2, 0.25) is 0 Å². The van der Waals surface area contributed by atoms with Crippen LogP contribution in [0.2, 0.25) is 0 Å². The van der Waals surface area contributed by atoms with Crippen LogP contribution in [0.4, 0.5) is 5.69 Å².